The second kappa shape index (κ2) is 4.58. The first-order valence-electron chi connectivity index (χ1n) is 6.33. The number of benzene rings is 1. The van der Waals surface area contributed by atoms with Crippen molar-refractivity contribution in [3.8, 4) is 0 Å². The molecule has 1 aromatic carbocycles. The summed E-state index contributed by atoms with van der Waals surface area (Å²) in [6.07, 6.45) is 6.42. The van der Waals surface area contributed by atoms with Crippen molar-refractivity contribution >= 4 is 8.07 Å². The molecule has 0 aromatic heterocycles. The molecule has 0 radical (unpaired) electrons. The fourth-order valence-corrected chi connectivity index (χ4v) is 3.21. The number of aryl methyl sites for hydroxylation is 1. The molecule has 0 spiro atoms. The standard InChI is InChI=1S/C15H22Si/c1-16(2,3)12-11-14-9-6-8-13-7-4-5-10-15(13)14/h4-5,7,10-12,14H,6,8-9H2,1-3H3/b12-11+/t14-/m1/s1. The fraction of sp³-hybridized carbons (Fsp3) is 0.467. The molecule has 86 valence electrons. The molecule has 0 aliphatic heterocycles. The van der Waals surface area contributed by atoms with Crippen molar-refractivity contribution in [3.63, 3.8) is 0 Å². The molecular formula is C15H22Si. The van der Waals surface area contributed by atoms with Crippen LogP contribution in [0.25, 0.3) is 0 Å². The molecule has 1 heteroatoms. The molecule has 2 rings (SSSR count). The van der Waals surface area contributed by atoms with Crippen LogP contribution in [0.5, 0.6) is 0 Å². The highest BCUT2D eigenvalue weighted by atomic mass is 28.3. The SMILES string of the molecule is C[Si](C)(C)/C=C/[C@H]1CCCc2ccccc21. The monoisotopic (exact) mass is 230 g/mol. The van der Waals surface area contributed by atoms with Crippen molar-refractivity contribution < 1.29 is 0 Å². The van der Waals surface area contributed by atoms with E-state index in [9.17, 15) is 0 Å². The van der Waals surface area contributed by atoms with E-state index < -0.39 is 8.07 Å². The van der Waals surface area contributed by atoms with Gasteiger partial charge in [-0.05, 0) is 30.4 Å². The third kappa shape index (κ3) is 2.85. The van der Waals surface area contributed by atoms with E-state index in [1.807, 2.05) is 0 Å². The predicted molar refractivity (Wildman–Crippen MR) is 74.6 cm³/mol. The lowest BCUT2D eigenvalue weighted by Gasteiger charge is -2.23. The maximum atomic E-state index is 2.50. The van der Waals surface area contributed by atoms with Gasteiger partial charge >= 0.3 is 0 Å². The highest BCUT2D eigenvalue weighted by Crippen LogP contribution is 2.32. The first-order chi connectivity index (χ1) is 7.56. The highest BCUT2D eigenvalue weighted by molar-refractivity contribution is 6.80. The first kappa shape index (κ1) is 11.7. The molecule has 0 N–H and O–H groups in total. The molecule has 1 aliphatic rings. The Morgan fingerprint density at radius 2 is 1.94 bits per heavy atom. The van der Waals surface area contributed by atoms with Gasteiger partial charge < -0.3 is 0 Å². The molecule has 0 saturated carbocycles. The summed E-state index contributed by atoms with van der Waals surface area (Å²) in [5.41, 5.74) is 5.64. The lowest BCUT2D eigenvalue weighted by molar-refractivity contribution is 0.629. The molecule has 0 fully saturated rings. The van der Waals surface area contributed by atoms with Crippen LogP contribution in [0.3, 0.4) is 0 Å². The second-order valence-electron chi connectivity index (χ2n) is 5.92. The van der Waals surface area contributed by atoms with Gasteiger partial charge in [0.2, 0.25) is 0 Å². The second-order valence-corrected chi connectivity index (χ2v) is 11.0. The molecule has 1 aliphatic carbocycles. The van der Waals surface area contributed by atoms with Crippen molar-refractivity contribution in [2.45, 2.75) is 44.8 Å². The largest absolute Gasteiger partial charge is 0.0983 e. The molecule has 0 amide bonds. The Morgan fingerprint density at radius 1 is 1.19 bits per heavy atom. The molecule has 0 saturated heterocycles. The summed E-state index contributed by atoms with van der Waals surface area (Å²) in [4.78, 5) is 0. The third-order valence-corrected chi connectivity index (χ3v) is 4.44. The van der Waals surface area contributed by atoms with Crippen molar-refractivity contribution in [1.82, 2.24) is 0 Å². The van der Waals surface area contributed by atoms with Gasteiger partial charge in [-0.25, -0.2) is 0 Å². The van der Waals surface area contributed by atoms with Gasteiger partial charge in [-0.3, -0.25) is 0 Å². The van der Waals surface area contributed by atoms with Crippen molar-refractivity contribution in [1.29, 1.82) is 0 Å². The fourth-order valence-electron chi connectivity index (χ4n) is 2.40. The third-order valence-electron chi connectivity index (χ3n) is 3.24. The van der Waals surface area contributed by atoms with Gasteiger partial charge in [0.15, 0.2) is 0 Å². The summed E-state index contributed by atoms with van der Waals surface area (Å²) in [7, 11) is -1.04. The lowest BCUT2D eigenvalue weighted by atomic mass is 9.83. The molecule has 0 nitrogen and oxygen atoms in total. The average molecular weight is 230 g/mol. The Hall–Kier alpha value is -0.823. The van der Waals surface area contributed by atoms with Gasteiger partial charge in [-0.15, -0.1) is 0 Å². The van der Waals surface area contributed by atoms with Gasteiger partial charge in [0.1, 0.15) is 0 Å². The van der Waals surface area contributed by atoms with E-state index in [0.717, 1.165) is 0 Å². The molecule has 0 heterocycles. The summed E-state index contributed by atoms with van der Waals surface area (Å²) in [6, 6.07) is 8.96. The quantitative estimate of drug-likeness (QED) is 0.654. The zero-order valence-electron chi connectivity index (χ0n) is 10.7. The van der Waals surface area contributed by atoms with E-state index in [0.29, 0.717) is 5.92 Å². The van der Waals surface area contributed by atoms with Gasteiger partial charge in [0.25, 0.3) is 0 Å². The summed E-state index contributed by atoms with van der Waals surface area (Å²) in [6.45, 7) is 7.20. The Bertz CT molecular complexity index is 385. The van der Waals surface area contributed by atoms with Crippen LogP contribution in [-0.4, -0.2) is 8.07 Å². The van der Waals surface area contributed by atoms with Crippen LogP contribution >= 0.6 is 0 Å². The van der Waals surface area contributed by atoms with E-state index in [-0.39, 0.29) is 0 Å². The Morgan fingerprint density at radius 3 is 2.69 bits per heavy atom. The zero-order valence-corrected chi connectivity index (χ0v) is 11.7. The van der Waals surface area contributed by atoms with Crippen molar-refractivity contribution in [3.05, 3.63) is 47.2 Å². The van der Waals surface area contributed by atoms with Crippen LogP contribution in [0.1, 0.15) is 29.9 Å². The number of rotatable bonds is 2. The maximum absolute atomic E-state index is 2.50. The van der Waals surface area contributed by atoms with Crippen LogP contribution in [0.4, 0.5) is 0 Å². The van der Waals surface area contributed by atoms with Gasteiger partial charge in [0.05, 0.1) is 8.07 Å². The molecular weight excluding hydrogens is 208 g/mol. The zero-order chi connectivity index (χ0) is 11.6. The molecule has 1 aromatic rings. The molecule has 16 heavy (non-hydrogen) atoms. The molecule has 1 atom stereocenters. The Balaban J connectivity index is 2.22. The highest BCUT2D eigenvalue weighted by Gasteiger charge is 2.18. The minimum absolute atomic E-state index is 0.677. The number of allylic oxidation sites excluding steroid dienone is 1. The number of hydrogen-bond acceptors (Lipinski definition) is 0. The molecule has 0 unspecified atom stereocenters. The minimum Gasteiger partial charge on any atom is -0.0983 e. The average Bonchev–Trinajstić information content (AvgIpc) is 2.25. The summed E-state index contributed by atoms with van der Waals surface area (Å²) in [5.74, 6) is 0.677. The Labute approximate surface area is 100 Å². The lowest BCUT2D eigenvalue weighted by Crippen LogP contribution is -2.17. The number of hydrogen-bond donors (Lipinski definition) is 0. The van der Waals surface area contributed by atoms with Gasteiger partial charge in [-0.2, -0.15) is 0 Å². The topological polar surface area (TPSA) is 0 Å². The van der Waals surface area contributed by atoms with Crippen LogP contribution < -0.4 is 0 Å². The van der Waals surface area contributed by atoms with Gasteiger partial charge in [0, 0.05) is 5.92 Å². The van der Waals surface area contributed by atoms with E-state index in [4.69, 9.17) is 0 Å². The van der Waals surface area contributed by atoms with E-state index in [1.54, 1.807) is 11.1 Å². The normalized spacial score (nSPS) is 21.1. The van der Waals surface area contributed by atoms with Crippen LogP contribution in [0.15, 0.2) is 36.0 Å². The van der Waals surface area contributed by atoms with E-state index in [1.165, 1.54) is 19.3 Å². The van der Waals surface area contributed by atoms with E-state index in [2.05, 4.69) is 55.7 Å². The first-order valence-corrected chi connectivity index (χ1v) is 9.91. The minimum atomic E-state index is -1.04. The van der Waals surface area contributed by atoms with Crippen LogP contribution in [0, 0.1) is 0 Å². The smallest absolute Gasteiger partial charge is 0.0683 e. The van der Waals surface area contributed by atoms with Gasteiger partial charge in [-0.1, -0.05) is 55.7 Å². The predicted octanol–water partition coefficient (Wildman–Crippen LogP) is 4.54. The maximum Gasteiger partial charge on any atom is 0.0683 e. The summed E-state index contributed by atoms with van der Waals surface area (Å²) >= 11 is 0. The Kier molecular flexibility index (Phi) is 3.34. The summed E-state index contributed by atoms with van der Waals surface area (Å²) < 4.78 is 0. The van der Waals surface area contributed by atoms with Crippen LogP contribution in [0.2, 0.25) is 19.6 Å². The number of fused-ring (bicyclic) bond motifs is 1. The van der Waals surface area contributed by atoms with Crippen molar-refractivity contribution in [2.75, 3.05) is 0 Å². The van der Waals surface area contributed by atoms with E-state index >= 15 is 0 Å². The summed E-state index contributed by atoms with van der Waals surface area (Å²) in [5, 5.41) is 0. The van der Waals surface area contributed by atoms with Crippen molar-refractivity contribution in [2.24, 2.45) is 0 Å². The van der Waals surface area contributed by atoms with Crippen LogP contribution in [-0.2, 0) is 6.42 Å². The molecule has 0 bridgehead atoms.